The van der Waals surface area contributed by atoms with Crippen molar-refractivity contribution in [2.75, 3.05) is 0 Å². The third-order valence-electron chi connectivity index (χ3n) is 2.88. The third kappa shape index (κ3) is 2.63. The standard InChI is InChI=1S/C14H7ClF2N4S/c15-8-5-6-12(19-10(8)7-18)22-14-20-9-3-1-2-4-11(9)21(14)13(16)17/h1-6,13H. The van der Waals surface area contributed by atoms with E-state index in [9.17, 15) is 8.78 Å². The number of nitrogens with zero attached hydrogens (tertiary/aromatic N) is 4. The highest BCUT2D eigenvalue weighted by molar-refractivity contribution is 7.99. The van der Waals surface area contributed by atoms with Gasteiger partial charge < -0.3 is 0 Å². The van der Waals surface area contributed by atoms with Gasteiger partial charge in [0.15, 0.2) is 10.9 Å². The number of halogens is 3. The predicted molar refractivity (Wildman–Crippen MR) is 79.1 cm³/mol. The van der Waals surface area contributed by atoms with Crippen LogP contribution in [-0.2, 0) is 0 Å². The predicted octanol–water partition coefficient (Wildman–Crippen LogP) is 4.50. The molecule has 8 heteroatoms. The molecule has 0 saturated heterocycles. The monoisotopic (exact) mass is 336 g/mol. The van der Waals surface area contributed by atoms with E-state index in [0.29, 0.717) is 16.1 Å². The Morgan fingerprint density at radius 3 is 2.68 bits per heavy atom. The lowest BCUT2D eigenvalue weighted by Gasteiger charge is -2.07. The second kappa shape index (κ2) is 5.91. The average molecular weight is 337 g/mol. The second-order valence-corrected chi connectivity index (χ2v) is 5.62. The van der Waals surface area contributed by atoms with E-state index in [1.54, 1.807) is 30.3 Å². The van der Waals surface area contributed by atoms with Gasteiger partial charge in [-0.1, -0.05) is 23.7 Å². The summed E-state index contributed by atoms with van der Waals surface area (Å²) in [5.74, 6) is 0. The fourth-order valence-corrected chi connectivity index (χ4v) is 2.96. The number of pyridine rings is 1. The molecule has 22 heavy (non-hydrogen) atoms. The minimum atomic E-state index is -2.72. The van der Waals surface area contributed by atoms with Crippen molar-refractivity contribution in [2.45, 2.75) is 16.7 Å². The second-order valence-electron chi connectivity index (χ2n) is 4.22. The fourth-order valence-electron chi connectivity index (χ4n) is 1.94. The summed E-state index contributed by atoms with van der Waals surface area (Å²) < 4.78 is 27.5. The van der Waals surface area contributed by atoms with E-state index in [1.807, 2.05) is 6.07 Å². The number of hydrogen-bond donors (Lipinski definition) is 0. The lowest BCUT2D eigenvalue weighted by molar-refractivity contribution is 0.0656. The summed E-state index contributed by atoms with van der Waals surface area (Å²) in [5, 5.41) is 9.62. The minimum Gasteiger partial charge on any atom is -0.261 e. The number of rotatable bonds is 3. The molecule has 2 aromatic heterocycles. The summed E-state index contributed by atoms with van der Waals surface area (Å²) in [4.78, 5) is 8.23. The number of fused-ring (bicyclic) bond motifs is 1. The molecule has 3 rings (SSSR count). The number of nitriles is 1. The van der Waals surface area contributed by atoms with E-state index in [0.717, 1.165) is 16.3 Å². The summed E-state index contributed by atoms with van der Waals surface area (Å²) in [6.07, 6.45) is 0. The van der Waals surface area contributed by atoms with Gasteiger partial charge in [-0.05, 0) is 36.0 Å². The molecule has 0 spiro atoms. The van der Waals surface area contributed by atoms with Crippen LogP contribution < -0.4 is 0 Å². The molecule has 0 aliphatic heterocycles. The Labute approximate surface area is 133 Å². The van der Waals surface area contributed by atoms with Gasteiger partial charge in [-0.25, -0.2) is 9.97 Å². The van der Waals surface area contributed by atoms with Crippen LogP contribution in [0.25, 0.3) is 11.0 Å². The zero-order valence-corrected chi connectivity index (χ0v) is 12.4. The Bertz CT molecular complexity index is 888. The molecule has 0 atom stereocenters. The normalized spacial score (nSPS) is 11.0. The van der Waals surface area contributed by atoms with Crippen molar-refractivity contribution < 1.29 is 8.78 Å². The van der Waals surface area contributed by atoms with Crippen LogP contribution >= 0.6 is 23.4 Å². The zero-order chi connectivity index (χ0) is 15.7. The van der Waals surface area contributed by atoms with E-state index >= 15 is 0 Å². The van der Waals surface area contributed by atoms with Gasteiger partial charge in [0.05, 0.1) is 16.1 Å². The lowest BCUT2D eigenvalue weighted by Crippen LogP contribution is -2.00. The van der Waals surface area contributed by atoms with Crippen molar-refractivity contribution in [1.29, 1.82) is 5.26 Å². The van der Waals surface area contributed by atoms with Crippen molar-refractivity contribution in [3.8, 4) is 6.07 Å². The molecule has 0 saturated carbocycles. The largest absolute Gasteiger partial charge is 0.321 e. The van der Waals surface area contributed by atoms with E-state index in [2.05, 4.69) is 9.97 Å². The molecule has 4 nitrogen and oxygen atoms in total. The average Bonchev–Trinajstić information content (AvgIpc) is 2.87. The molecular weight excluding hydrogens is 330 g/mol. The van der Waals surface area contributed by atoms with Gasteiger partial charge in [0, 0.05) is 0 Å². The molecule has 0 amide bonds. The van der Waals surface area contributed by atoms with Gasteiger partial charge in [-0.3, -0.25) is 4.57 Å². The number of imidazole rings is 1. The van der Waals surface area contributed by atoms with Gasteiger partial charge in [0.1, 0.15) is 11.1 Å². The van der Waals surface area contributed by atoms with Crippen LogP contribution in [0.5, 0.6) is 0 Å². The highest BCUT2D eigenvalue weighted by atomic mass is 35.5. The first kappa shape index (κ1) is 14.8. The maximum Gasteiger partial charge on any atom is 0.321 e. The Morgan fingerprint density at radius 1 is 1.18 bits per heavy atom. The van der Waals surface area contributed by atoms with E-state index in [1.165, 1.54) is 6.07 Å². The van der Waals surface area contributed by atoms with Gasteiger partial charge in [0.25, 0.3) is 0 Å². The summed E-state index contributed by atoms with van der Waals surface area (Å²) in [6, 6.07) is 11.6. The first-order valence-electron chi connectivity index (χ1n) is 6.10. The van der Waals surface area contributed by atoms with E-state index < -0.39 is 6.55 Å². The summed E-state index contributed by atoms with van der Waals surface area (Å²) in [6.45, 7) is -2.72. The Kier molecular flexibility index (Phi) is 3.96. The fraction of sp³-hybridized carbons (Fsp3) is 0.0714. The van der Waals surface area contributed by atoms with Crippen LogP contribution in [0.4, 0.5) is 8.78 Å². The van der Waals surface area contributed by atoms with Crippen LogP contribution in [0.1, 0.15) is 12.2 Å². The maximum atomic E-state index is 13.3. The number of hydrogen-bond acceptors (Lipinski definition) is 4. The van der Waals surface area contributed by atoms with Crippen molar-refractivity contribution in [3.05, 3.63) is 47.1 Å². The molecular formula is C14H7ClF2N4S. The number of aromatic nitrogens is 3. The molecule has 1 aromatic carbocycles. The van der Waals surface area contributed by atoms with Crippen LogP contribution in [0.15, 0.2) is 46.6 Å². The van der Waals surface area contributed by atoms with E-state index in [-0.39, 0.29) is 15.9 Å². The maximum absolute atomic E-state index is 13.3. The molecule has 0 aliphatic carbocycles. The molecule has 110 valence electrons. The minimum absolute atomic E-state index is 0.0476. The molecule has 0 N–H and O–H groups in total. The van der Waals surface area contributed by atoms with E-state index in [4.69, 9.17) is 16.9 Å². The van der Waals surface area contributed by atoms with Crippen LogP contribution in [-0.4, -0.2) is 14.5 Å². The summed E-state index contributed by atoms with van der Waals surface area (Å²) in [7, 11) is 0. The number of para-hydroxylation sites is 2. The molecule has 2 heterocycles. The van der Waals surface area contributed by atoms with Crippen LogP contribution in [0.3, 0.4) is 0 Å². The molecule has 0 unspecified atom stereocenters. The van der Waals surface area contributed by atoms with Crippen molar-refractivity contribution >= 4 is 34.4 Å². The molecule has 3 aromatic rings. The Balaban J connectivity index is 2.07. The SMILES string of the molecule is N#Cc1nc(Sc2nc3ccccc3n2C(F)F)ccc1Cl. The molecule has 0 radical (unpaired) electrons. The van der Waals surface area contributed by atoms with Gasteiger partial charge in [-0.2, -0.15) is 14.0 Å². The summed E-state index contributed by atoms with van der Waals surface area (Å²) >= 11 is 6.77. The molecule has 0 bridgehead atoms. The number of benzene rings is 1. The smallest absolute Gasteiger partial charge is 0.261 e. The quantitative estimate of drug-likeness (QED) is 0.706. The number of alkyl halides is 2. The summed E-state index contributed by atoms with van der Waals surface area (Å²) in [5.41, 5.74) is 0.862. The molecule has 0 fully saturated rings. The van der Waals surface area contributed by atoms with Crippen molar-refractivity contribution in [2.24, 2.45) is 0 Å². The molecule has 0 aliphatic rings. The van der Waals surface area contributed by atoms with Crippen LogP contribution in [0, 0.1) is 11.3 Å². The highest BCUT2D eigenvalue weighted by Crippen LogP contribution is 2.33. The van der Waals surface area contributed by atoms with Crippen molar-refractivity contribution in [1.82, 2.24) is 14.5 Å². The van der Waals surface area contributed by atoms with Gasteiger partial charge in [-0.15, -0.1) is 0 Å². The van der Waals surface area contributed by atoms with Crippen molar-refractivity contribution in [3.63, 3.8) is 0 Å². The van der Waals surface area contributed by atoms with Gasteiger partial charge in [0.2, 0.25) is 0 Å². The first-order chi connectivity index (χ1) is 10.6. The van der Waals surface area contributed by atoms with Gasteiger partial charge >= 0.3 is 6.55 Å². The Morgan fingerprint density at radius 2 is 1.95 bits per heavy atom. The lowest BCUT2D eigenvalue weighted by atomic mass is 10.3. The third-order valence-corrected chi connectivity index (χ3v) is 4.09. The van der Waals surface area contributed by atoms with Crippen LogP contribution in [0.2, 0.25) is 5.02 Å². The topological polar surface area (TPSA) is 54.5 Å². The highest BCUT2D eigenvalue weighted by Gasteiger charge is 2.19. The Hall–Kier alpha value is -2.17. The first-order valence-corrected chi connectivity index (χ1v) is 7.29. The zero-order valence-electron chi connectivity index (χ0n) is 10.9.